The zero-order valence-corrected chi connectivity index (χ0v) is 8.01. The number of halogens is 1. The molecule has 0 aromatic heterocycles. The molecule has 1 atom stereocenters. The van der Waals surface area contributed by atoms with Crippen molar-refractivity contribution in [1.82, 2.24) is 5.32 Å². The molecule has 0 spiro atoms. The first kappa shape index (κ1) is 9.19. The molecule has 0 radical (unpaired) electrons. The fourth-order valence-electron chi connectivity index (χ4n) is 1.88. The second kappa shape index (κ2) is 3.08. The number of amides is 1. The van der Waals surface area contributed by atoms with E-state index in [9.17, 15) is 9.18 Å². The number of hydrogen-bond donors (Lipinski definition) is 1. The second-order valence-corrected chi connectivity index (χ2v) is 3.67. The molecule has 2 nitrogen and oxygen atoms in total. The maximum Gasteiger partial charge on any atom is 0.223 e. The van der Waals surface area contributed by atoms with Crippen LogP contribution in [0.15, 0.2) is 24.3 Å². The molecule has 3 heteroatoms. The van der Waals surface area contributed by atoms with Gasteiger partial charge in [0, 0.05) is 0 Å². The van der Waals surface area contributed by atoms with E-state index in [-0.39, 0.29) is 17.3 Å². The van der Waals surface area contributed by atoms with Crippen molar-refractivity contribution in [2.24, 2.45) is 0 Å². The van der Waals surface area contributed by atoms with E-state index in [1.165, 1.54) is 12.1 Å². The Hall–Kier alpha value is -1.38. The highest BCUT2D eigenvalue weighted by Gasteiger charge is 2.42. The van der Waals surface area contributed by atoms with Crippen molar-refractivity contribution in [1.29, 1.82) is 0 Å². The minimum Gasteiger partial charge on any atom is -0.346 e. The molecule has 1 unspecified atom stereocenters. The third-order valence-electron chi connectivity index (χ3n) is 2.84. The number of rotatable bonds is 2. The Kier molecular flexibility index (Phi) is 2.02. The molecule has 1 saturated heterocycles. The van der Waals surface area contributed by atoms with E-state index < -0.39 is 0 Å². The van der Waals surface area contributed by atoms with Gasteiger partial charge in [0.15, 0.2) is 0 Å². The van der Waals surface area contributed by atoms with Gasteiger partial charge in [0.25, 0.3) is 0 Å². The van der Waals surface area contributed by atoms with Gasteiger partial charge in [-0.05, 0) is 24.1 Å². The van der Waals surface area contributed by atoms with Crippen LogP contribution in [0, 0.1) is 5.82 Å². The van der Waals surface area contributed by atoms with Crippen LogP contribution in [0.3, 0.4) is 0 Å². The molecule has 74 valence electrons. The Morgan fingerprint density at radius 1 is 1.43 bits per heavy atom. The molecule has 0 bridgehead atoms. The minimum atomic E-state index is -0.245. The van der Waals surface area contributed by atoms with Gasteiger partial charge in [-0.2, -0.15) is 0 Å². The molecule has 1 aromatic carbocycles. The summed E-state index contributed by atoms with van der Waals surface area (Å²) in [6.07, 6.45) is 1.35. The molecule has 1 aliphatic rings. The molecule has 1 heterocycles. The number of nitrogens with one attached hydrogen (secondary N) is 1. The second-order valence-electron chi connectivity index (χ2n) is 3.67. The lowest BCUT2D eigenvalue weighted by atomic mass is 9.78. The van der Waals surface area contributed by atoms with Gasteiger partial charge in [-0.25, -0.2) is 4.39 Å². The minimum absolute atomic E-state index is 0.0659. The van der Waals surface area contributed by atoms with Crippen LogP contribution in [-0.2, 0) is 10.3 Å². The number of carbonyl (C=O) groups is 1. The van der Waals surface area contributed by atoms with Crippen LogP contribution in [0.4, 0.5) is 4.39 Å². The van der Waals surface area contributed by atoms with Crippen molar-refractivity contribution in [2.75, 3.05) is 0 Å². The van der Waals surface area contributed by atoms with E-state index >= 15 is 0 Å². The average Bonchev–Trinajstić information content (AvgIpc) is 2.14. The summed E-state index contributed by atoms with van der Waals surface area (Å²) in [5.41, 5.74) is 0.742. The van der Waals surface area contributed by atoms with Crippen LogP contribution < -0.4 is 5.32 Å². The summed E-state index contributed by atoms with van der Waals surface area (Å²) in [5, 5.41) is 2.88. The summed E-state index contributed by atoms with van der Waals surface area (Å²) in [6.45, 7) is 2.02. The Bertz CT molecular complexity index is 350. The largest absolute Gasteiger partial charge is 0.346 e. The molecule has 2 rings (SSSR count). The van der Waals surface area contributed by atoms with Crippen LogP contribution in [0.1, 0.15) is 25.3 Å². The highest BCUT2D eigenvalue weighted by Crippen LogP contribution is 2.35. The summed E-state index contributed by atoms with van der Waals surface area (Å²) in [6, 6.07) is 6.32. The first-order valence-corrected chi connectivity index (χ1v) is 4.73. The highest BCUT2D eigenvalue weighted by atomic mass is 19.1. The molecule has 0 aliphatic carbocycles. The summed E-state index contributed by atoms with van der Waals surface area (Å²) < 4.78 is 12.7. The van der Waals surface area contributed by atoms with Crippen molar-refractivity contribution < 1.29 is 9.18 Å². The van der Waals surface area contributed by atoms with Crippen molar-refractivity contribution in [3.05, 3.63) is 35.6 Å². The van der Waals surface area contributed by atoms with E-state index in [4.69, 9.17) is 0 Å². The molecule has 1 N–H and O–H groups in total. The lowest BCUT2D eigenvalue weighted by Crippen LogP contribution is -2.57. The third kappa shape index (κ3) is 1.29. The third-order valence-corrected chi connectivity index (χ3v) is 2.84. The van der Waals surface area contributed by atoms with Gasteiger partial charge < -0.3 is 5.32 Å². The predicted molar refractivity (Wildman–Crippen MR) is 51.1 cm³/mol. The van der Waals surface area contributed by atoms with Gasteiger partial charge >= 0.3 is 0 Å². The fraction of sp³-hybridized carbons (Fsp3) is 0.364. The number of hydrogen-bond acceptors (Lipinski definition) is 1. The maximum atomic E-state index is 12.7. The van der Waals surface area contributed by atoms with Crippen LogP contribution in [-0.4, -0.2) is 5.91 Å². The van der Waals surface area contributed by atoms with Gasteiger partial charge in [-0.3, -0.25) is 4.79 Å². The standard InChI is InChI=1S/C11H12FNO/c1-2-11(7-10(14)13-11)8-3-5-9(12)6-4-8/h3-6H,2,7H2,1H3,(H,13,14). The highest BCUT2D eigenvalue weighted by molar-refractivity contribution is 5.85. The van der Waals surface area contributed by atoms with E-state index in [1.807, 2.05) is 6.92 Å². The Morgan fingerprint density at radius 2 is 2.00 bits per heavy atom. The first-order valence-electron chi connectivity index (χ1n) is 4.73. The smallest absolute Gasteiger partial charge is 0.223 e. The van der Waals surface area contributed by atoms with E-state index in [0.717, 1.165) is 12.0 Å². The topological polar surface area (TPSA) is 29.1 Å². The maximum absolute atomic E-state index is 12.7. The summed E-state index contributed by atoms with van der Waals surface area (Å²) in [7, 11) is 0. The molecular weight excluding hydrogens is 181 g/mol. The van der Waals surface area contributed by atoms with Gasteiger partial charge in [0.1, 0.15) is 5.82 Å². The van der Waals surface area contributed by atoms with Gasteiger partial charge in [-0.15, -0.1) is 0 Å². The van der Waals surface area contributed by atoms with E-state index in [0.29, 0.717) is 6.42 Å². The molecule has 14 heavy (non-hydrogen) atoms. The van der Waals surface area contributed by atoms with E-state index in [2.05, 4.69) is 5.32 Å². The van der Waals surface area contributed by atoms with Crippen LogP contribution in [0.2, 0.25) is 0 Å². The molecule has 1 aliphatic heterocycles. The molecule has 1 amide bonds. The van der Waals surface area contributed by atoms with Crippen LogP contribution >= 0.6 is 0 Å². The van der Waals surface area contributed by atoms with Crippen LogP contribution in [0.5, 0.6) is 0 Å². The first-order chi connectivity index (χ1) is 6.66. The molecule has 1 fully saturated rings. The fourth-order valence-corrected chi connectivity index (χ4v) is 1.88. The molecule has 1 aromatic rings. The van der Waals surface area contributed by atoms with Crippen molar-refractivity contribution in [3.63, 3.8) is 0 Å². The van der Waals surface area contributed by atoms with Crippen molar-refractivity contribution in [2.45, 2.75) is 25.3 Å². The monoisotopic (exact) mass is 193 g/mol. The van der Waals surface area contributed by atoms with E-state index in [1.54, 1.807) is 12.1 Å². The summed E-state index contributed by atoms with van der Waals surface area (Å²) >= 11 is 0. The molecular formula is C11H12FNO. The molecule has 0 saturated carbocycles. The zero-order chi connectivity index (χ0) is 10.2. The number of carbonyl (C=O) groups excluding carboxylic acids is 1. The van der Waals surface area contributed by atoms with Crippen molar-refractivity contribution >= 4 is 5.91 Å². The average molecular weight is 193 g/mol. The normalized spacial score (nSPS) is 25.4. The van der Waals surface area contributed by atoms with Crippen LogP contribution in [0.25, 0.3) is 0 Å². The Morgan fingerprint density at radius 3 is 2.43 bits per heavy atom. The Balaban J connectivity index is 2.29. The predicted octanol–water partition coefficient (Wildman–Crippen LogP) is 1.95. The SMILES string of the molecule is CCC1(c2ccc(F)cc2)CC(=O)N1. The number of β-lactam (4-membered cyclic amide) rings is 1. The van der Waals surface area contributed by atoms with Gasteiger partial charge in [0.2, 0.25) is 5.91 Å². The Labute approximate surface area is 82.1 Å². The van der Waals surface area contributed by atoms with Gasteiger partial charge in [-0.1, -0.05) is 19.1 Å². The zero-order valence-electron chi connectivity index (χ0n) is 8.01. The van der Waals surface area contributed by atoms with Gasteiger partial charge in [0.05, 0.1) is 12.0 Å². The summed E-state index contributed by atoms with van der Waals surface area (Å²) in [5.74, 6) is -0.179. The van der Waals surface area contributed by atoms with Crippen molar-refractivity contribution in [3.8, 4) is 0 Å². The summed E-state index contributed by atoms with van der Waals surface area (Å²) in [4.78, 5) is 10.9. The lowest BCUT2D eigenvalue weighted by molar-refractivity contribution is -0.133. The quantitative estimate of drug-likeness (QED) is 0.714. The lowest BCUT2D eigenvalue weighted by Gasteiger charge is -2.42. The number of benzene rings is 1.